The molecular formula is C13H11IN2O4S. The number of pyridine rings is 1. The van der Waals surface area contributed by atoms with Crippen LogP contribution >= 0.6 is 22.6 Å². The van der Waals surface area contributed by atoms with Gasteiger partial charge in [-0.05, 0) is 59.8 Å². The lowest BCUT2D eigenvalue weighted by Gasteiger charge is -2.09. The number of aromatic nitrogens is 1. The van der Waals surface area contributed by atoms with Crippen molar-refractivity contribution in [2.24, 2.45) is 0 Å². The van der Waals surface area contributed by atoms with Crippen molar-refractivity contribution in [2.45, 2.75) is 11.8 Å². The number of halogens is 1. The maximum absolute atomic E-state index is 12.2. The molecule has 0 aliphatic heterocycles. The number of anilines is 1. The molecule has 0 unspecified atom stereocenters. The largest absolute Gasteiger partial charge is 0.478 e. The number of benzene rings is 1. The van der Waals surface area contributed by atoms with E-state index >= 15 is 0 Å². The van der Waals surface area contributed by atoms with Crippen LogP contribution < -0.4 is 4.72 Å². The van der Waals surface area contributed by atoms with Gasteiger partial charge in [0.1, 0.15) is 0 Å². The molecule has 1 aromatic heterocycles. The predicted octanol–water partition coefficient (Wildman–Crippen LogP) is 2.49. The third kappa shape index (κ3) is 3.70. The van der Waals surface area contributed by atoms with E-state index in [9.17, 15) is 13.2 Å². The predicted molar refractivity (Wildman–Crippen MR) is 85.9 cm³/mol. The molecule has 0 aliphatic rings. The lowest BCUT2D eigenvalue weighted by molar-refractivity contribution is 0.0695. The second-order valence-corrected chi connectivity index (χ2v) is 7.09. The van der Waals surface area contributed by atoms with Crippen molar-refractivity contribution >= 4 is 44.3 Å². The van der Waals surface area contributed by atoms with Crippen LogP contribution in [-0.4, -0.2) is 24.5 Å². The Hall–Kier alpha value is -1.68. The molecule has 0 atom stereocenters. The second-order valence-electron chi connectivity index (χ2n) is 4.24. The number of aryl methyl sites for hydroxylation is 1. The molecule has 8 heteroatoms. The summed E-state index contributed by atoms with van der Waals surface area (Å²) in [6.07, 6.45) is 1.40. The van der Waals surface area contributed by atoms with Gasteiger partial charge in [-0.3, -0.25) is 9.71 Å². The normalized spacial score (nSPS) is 11.1. The smallest absolute Gasteiger partial charge is 0.336 e. The lowest BCUT2D eigenvalue weighted by atomic mass is 10.2. The van der Waals surface area contributed by atoms with Crippen LogP contribution in [0.3, 0.4) is 0 Å². The molecule has 2 rings (SSSR count). The molecule has 1 heterocycles. The monoisotopic (exact) mass is 418 g/mol. The highest BCUT2D eigenvalue weighted by molar-refractivity contribution is 14.1. The molecule has 0 fully saturated rings. The van der Waals surface area contributed by atoms with Crippen LogP contribution in [-0.2, 0) is 10.0 Å². The van der Waals surface area contributed by atoms with E-state index in [0.29, 0.717) is 9.26 Å². The van der Waals surface area contributed by atoms with E-state index in [1.54, 1.807) is 19.1 Å². The van der Waals surface area contributed by atoms with Crippen LogP contribution in [0.1, 0.15) is 16.1 Å². The van der Waals surface area contributed by atoms with Crippen molar-refractivity contribution in [3.63, 3.8) is 0 Å². The van der Waals surface area contributed by atoms with Crippen LogP contribution in [0.15, 0.2) is 41.4 Å². The zero-order chi connectivity index (χ0) is 15.6. The van der Waals surface area contributed by atoms with E-state index in [4.69, 9.17) is 5.11 Å². The van der Waals surface area contributed by atoms with Gasteiger partial charge in [-0.25, -0.2) is 13.2 Å². The Labute approximate surface area is 135 Å². The van der Waals surface area contributed by atoms with Crippen molar-refractivity contribution < 1.29 is 18.3 Å². The van der Waals surface area contributed by atoms with Crippen LogP contribution in [0, 0.1) is 10.5 Å². The Balaban J connectivity index is 2.38. The summed E-state index contributed by atoms with van der Waals surface area (Å²) in [7, 11) is -3.86. The molecule has 0 saturated carbocycles. The molecule has 2 aromatic rings. The van der Waals surface area contributed by atoms with Gasteiger partial charge in [0.2, 0.25) is 0 Å². The van der Waals surface area contributed by atoms with E-state index in [0.717, 1.165) is 11.8 Å². The van der Waals surface area contributed by atoms with Gasteiger partial charge >= 0.3 is 5.97 Å². The minimum atomic E-state index is -3.86. The van der Waals surface area contributed by atoms with Crippen molar-refractivity contribution in [1.82, 2.24) is 4.98 Å². The number of hydrogen-bond donors (Lipinski definition) is 2. The van der Waals surface area contributed by atoms with Gasteiger partial charge in [0.05, 0.1) is 22.3 Å². The zero-order valence-corrected chi connectivity index (χ0v) is 13.8. The van der Waals surface area contributed by atoms with Crippen molar-refractivity contribution in [1.29, 1.82) is 0 Å². The first-order valence-electron chi connectivity index (χ1n) is 5.78. The molecule has 2 N–H and O–H groups in total. The molecule has 110 valence electrons. The standard InChI is InChI=1S/C13H11IN2O4S/c1-8-2-3-9(7-15-8)16-21(19,20)10-4-5-12(14)11(6-10)13(17)18/h2-7,16H,1H3,(H,17,18). The number of carboxylic acids is 1. The number of rotatable bonds is 4. The first-order chi connectivity index (χ1) is 9.79. The number of aromatic carboxylic acids is 1. The Morgan fingerprint density at radius 2 is 2.00 bits per heavy atom. The highest BCUT2D eigenvalue weighted by Crippen LogP contribution is 2.20. The Kier molecular flexibility index (Phi) is 4.47. The molecule has 6 nitrogen and oxygen atoms in total. The molecule has 0 spiro atoms. The van der Waals surface area contributed by atoms with Gasteiger partial charge < -0.3 is 5.11 Å². The summed E-state index contributed by atoms with van der Waals surface area (Å²) in [4.78, 5) is 15.0. The summed E-state index contributed by atoms with van der Waals surface area (Å²) in [5.41, 5.74) is 1.02. The van der Waals surface area contributed by atoms with Gasteiger partial charge in [-0.2, -0.15) is 0 Å². The molecular weight excluding hydrogens is 407 g/mol. The molecule has 0 aliphatic carbocycles. The number of sulfonamides is 1. The van der Waals surface area contributed by atoms with Crippen LogP contribution in [0.2, 0.25) is 0 Å². The summed E-state index contributed by atoms with van der Waals surface area (Å²) < 4.78 is 27.3. The fourth-order valence-corrected chi connectivity index (χ4v) is 3.21. The third-order valence-corrected chi connectivity index (χ3v) is 4.96. The molecule has 1 aromatic carbocycles. The SMILES string of the molecule is Cc1ccc(NS(=O)(=O)c2ccc(I)c(C(=O)O)c2)cn1. The van der Waals surface area contributed by atoms with Crippen LogP contribution in [0.4, 0.5) is 5.69 Å². The summed E-state index contributed by atoms with van der Waals surface area (Å²) in [6.45, 7) is 1.79. The minimum Gasteiger partial charge on any atom is -0.478 e. The van der Waals surface area contributed by atoms with Gasteiger partial charge in [0, 0.05) is 9.26 Å². The molecule has 0 bridgehead atoms. The van der Waals surface area contributed by atoms with E-state index in [2.05, 4.69) is 9.71 Å². The zero-order valence-electron chi connectivity index (χ0n) is 10.9. The molecule has 0 radical (unpaired) electrons. The van der Waals surface area contributed by atoms with Gasteiger partial charge in [0.15, 0.2) is 0 Å². The maximum atomic E-state index is 12.2. The van der Waals surface area contributed by atoms with Gasteiger partial charge in [-0.15, -0.1) is 0 Å². The first-order valence-corrected chi connectivity index (χ1v) is 8.34. The second kappa shape index (κ2) is 5.98. The average molecular weight is 418 g/mol. The number of carbonyl (C=O) groups is 1. The fourth-order valence-electron chi connectivity index (χ4n) is 1.58. The van der Waals surface area contributed by atoms with E-state index < -0.39 is 16.0 Å². The number of hydrogen-bond acceptors (Lipinski definition) is 4. The van der Waals surface area contributed by atoms with Crippen molar-refractivity contribution in [3.8, 4) is 0 Å². The summed E-state index contributed by atoms with van der Waals surface area (Å²) >= 11 is 1.84. The molecule has 0 saturated heterocycles. The van der Waals surface area contributed by atoms with E-state index in [1.165, 1.54) is 18.3 Å². The summed E-state index contributed by atoms with van der Waals surface area (Å²) in [6, 6.07) is 7.21. The van der Waals surface area contributed by atoms with Gasteiger partial charge in [0.25, 0.3) is 10.0 Å². The maximum Gasteiger partial charge on any atom is 0.336 e. The quantitative estimate of drug-likeness (QED) is 0.744. The van der Waals surface area contributed by atoms with Crippen molar-refractivity contribution in [3.05, 3.63) is 51.4 Å². The highest BCUT2D eigenvalue weighted by atomic mass is 127. The first kappa shape index (κ1) is 15.7. The van der Waals surface area contributed by atoms with E-state index in [1.807, 2.05) is 22.6 Å². The fraction of sp³-hybridized carbons (Fsp3) is 0.0769. The lowest BCUT2D eigenvalue weighted by Crippen LogP contribution is -2.14. The minimum absolute atomic E-state index is 0.0551. The molecule has 0 amide bonds. The van der Waals surface area contributed by atoms with Crippen molar-refractivity contribution in [2.75, 3.05) is 4.72 Å². The topological polar surface area (TPSA) is 96.4 Å². The Bertz CT molecular complexity index is 788. The highest BCUT2D eigenvalue weighted by Gasteiger charge is 2.18. The third-order valence-electron chi connectivity index (χ3n) is 2.64. The average Bonchev–Trinajstić information content (AvgIpc) is 2.41. The van der Waals surface area contributed by atoms with Crippen LogP contribution in [0.25, 0.3) is 0 Å². The summed E-state index contributed by atoms with van der Waals surface area (Å²) in [5, 5.41) is 9.05. The number of carboxylic acid groups (broad SMARTS) is 1. The summed E-state index contributed by atoms with van der Waals surface area (Å²) in [5.74, 6) is -1.17. The van der Waals surface area contributed by atoms with Gasteiger partial charge in [-0.1, -0.05) is 0 Å². The Morgan fingerprint density at radius 3 is 2.57 bits per heavy atom. The van der Waals surface area contributed by atoms with E-state index in [-0.39, 0.29) is 10.5 Å². The number of nitrogens with zero attached hydrogens (tertiary/aromatic N) is 1. The van der Waals surface area contributed by atoms with Crippen LogP contribution in [0.5, 0.6) is 0 Å². The molecule has 21 heavy (non-hydrogen) atoms. The Morgan fingerprint density at radius 1 is 1.29 bits per heavy atom. The number of nitrogens with one attached hydrogen (secondary N) is 1.